The molecule has 2 heterocycles. The van der Waals surface area contributed by atoms with Crippen LogP contribution in [0.15, 0.2) is 202 Å². The molecular formula is C51H33N3O. The van der Waals surface area contributed by atoms with Gasteiger partial charge in [0.25, 0.3) is 0 Å². The second kappa shape index (κ2) is 12.7. The Morgan fingerprint density at radius 2 is 1.09 bits per heavy atom. The Bertz CT molecular complexity index is 3160. The molecule has 4 nitrogen and oxygen atoms in total. The smallest absolute Gasteiger partial charge is 0.160 e. The highest BCUT2D eigenvalue weighted by molar-refractivity contribution is 6.25. The highest BCUT2D eigenvalue weighted by atomic mass is 16.3. The normalized spacial score (nSPS) is 14.4. The molecule has 0 amide bonds. The number of rotatable bonds is 5. The highest BCUT2D eigenvalue weighted by Gasteiger charge is 2.26. The van der Waals surface area contributed by atoms with Gasteiger partial charge in [0.2, 0.25) is 0 Å². The van der Waals surface area contributed by atoms with E-state index in [4.69, 9.17) is 14.4 Å². The molecule has 55 heavy (non-hydrogen) atoms. The van der Waals surface area contributed by atoms with Crippen molar-refractivity contribution in [3.63, 3.8) is 0 Å². The van der Waals surface area contributed by atoms with E-state index in [-0.39, 0.29) is 0 Å². The van der Waals surface area contributed by atoms with Crippen LogP contribution in [-0.4, -0.2) is 11.7 Å². The van der Waals surface area contributed by atoms with Crippen molar-refractivity contribution in [2.24, 2.45) is 9.98 Å². The average molecular weight is 704 g/mol. The fourth-order valence-electron chi connectivity index (χ4n) is 8.37. The largest absolute Gasteiger partial charge is 0.456 e. The van der Waals surface area contributed by atoms with Gasteiger partial charge in [-0.2, -0.15) is 0 Å². The van der Waals surface area contributed by atoms with Gasteiger partial charge in [0.05, 0.1) is 0 Å². The number of hydrogen-bond donors (Lipinski definition) is 1. The van der Waals surface area contributed by atoms with Crippen LogP contribution in [0.5, 0.6) is 0 Å². The summed E-state index contributed by atoms with van der Waals surface area (Å²) in [4.78, 5) is 10.7. The minimum Gasteiger partial charge on any atom is -0.456 e. The van der Waals surface area contributed by atoms with E-state index in [2.05, 4.69) is 157 Å². The van der Waals surface area contributed by atoms with E-state index in [1.54, 1.807) is 0 Å². The van der Waals surface area contributed by atoms with Gasteiger partial charge in [-0.1, -0.05) is 164 Å². The fraction of sp³-hybridized carbons (Fsp3) is 0.0196. The number of furan rings is 1. The summed E-state index contributed by atoms with van der Waals surface area (Å²) in [7, 11) is 0. The molecule has 9 aromatic carbocycles. The minimum atomic E-state index is -0.418. The number of aliphatic imine (C=N–C) groups is 2. The van der Waals surface area contributed by atoms with Crippen LogP contribution in [-0.2, 0) is 0 Å². The topological polar surface area (TPSA) is 49.9 Å². The average Bonchev–Trinajstić information content (AvgIpc) is 3.65. The fourth-order valence-corrected chi connectivity index (χ4v) is 8.37. The Morgan fingerprint density at radius 3 is 1.93 bits per heavy atom. The maximum Gasteiger partial charge on any atom is 0.160 e. The zero-order valence-corrected chi connectivity index (χ0v) is 29.8. The van der Waals surface area contributed by atoms with Gasteiger partial charge in [0.1, 0.15) is 23.2 Å². The summed E-state index contributed by atoms with van der Waals surface area (Å²) in [6.07, 6.45) is -0.418. The molecule has 0 fully saturated rings. The van der Waals surface area contributed by atoms with E-state index in [0.717, 1.165) is 61.2 Å². The molecule has 1 unspecified atom stereocenters. The van der Waals surface area contributed by atoms with Crippen LogP contribution in [0, 0.1) is 0 Å². The summed E-state index contributed by atoms with van der Waals surface area (Å²) in [5.41, 5.74) is 9.22. The Hall–Kier alpha value is -7.30. The summed E-state index contributed by atoms with van der Waals surface area (Å²) in [5.74, 6) is 1.43. The number of benzene rings is 9. The number of nitrogens with one attached hydrogen (secondary N) is 1. The van der Waals surface area contributed by atoms with E-state index in [1.807, 2.05) is 36.4 Å². The molecule has 10 aromatic rings. The highest BCUT2D eigenvalue weighted by Crippen LogP contribution is 2.42. The van der Waals surface area contributed by atoms with E-state index >= 15 is 0 Å². The van der Waals surface area contributed by atoms with E-state index < -0.39 is 6.17 Å². The molecule has 0 saturated carbocycles. The maximum atomic E-state index is 6.53. The van der Waals surface area contributed by atoms with Crippen molar-refractivity contribution in [2.75, 3.05) is 0 Å². The van der Waals surface area contributed by atoms with Crippen LogP contribution in [0.3, 0.4) is 0 Å². The second-order valence-electron chi connectivity index (χ2n) is 14.1. The van der Waals surface area contributed by atoms with E-state index in [1.165, 1.54) is 37.9 Å². The summed E-state index contributed by atoms with van der Waals surface area (Å²) in [5, 5.41) is 13.2. The molecular weight excluding hydrogens is 671 g/mol. The minimum absolute atomic E-state index is 0.418. The molecule has 1 aromatic heterocycles. The van der Waals surface area contributed by atoms with E-state index in [0.29, 0.717) is 5.84 Å². The lowest BCUT2D eigenvalue weighted by Crippen LogP contribution is -2.33. The first-order valence-electron chi connectivity index (χ1n) is 18.7. The van der Waals surface area contributed by atoms with Crippen molar-refractivity contribution in [2.45, 2.75) is 6.17 Å². The molecule has 11 rings (SSSR count). The predicted molar refractivity (Wildman–Crippen MR) is 229 cm³/mol. The van der Waals surface area contributed by atoms with Crippen molar-refractivity contribution < 1.29 is 4.42 Å². The molecule has 0 bridgehead atoms. The molecule has 1 aliphatic heterocycles. The van der Waals surface area contributed by atoms with Crippen LogP contribution in [0.1, 0.15) is 22.9 Å². The third-order valence-electron chi connectivity index (χ3n) is 10.9. The lowest BCUT2D eigenvalue weighted by molar-refractivity contribution is 0.668. The maximum absolute atomic E-state index is 6.53. The number of nitrogens with zero attached hydrogens (tertiary/aromatic N) is 2. The lowest BCUT2D eigenvalue weighted by atomic mass is 9.88. The van der Waals surface area contributed by atoms with Gasteiger partial charge in [0, 0.05) is 27.5 Å². The van der Waals surface area contributed by atoms with Crippen molar-refractivity contribution >= 4 is 65.9 Å². The molecule has 4 heteroatoms. The van der Waals surface area contributed by atoms with Gasteiger partial charge in [-0.05, 0) is 78.8 Å². The van der Waals surface area contributed by atoms with Crippen LogP contribution in [0.2, 0.25) is 0 Å². The first kappa shape index (κ1) is 31.2. The van der Waals surface area contributed by atoms with Crippen LogP contribution in [0.25, 0.3) is 76.5 Å². The van der Waals surface area contributed by atoms with Gasteiger partial charge in [-0.3, -0.25) is 0 Å². The monoisotopic (exact) mass is 703 g/mol. The van der Waals surface area contributed by atoms with E-state index in [9.17, 15) is 0 Å². The zero-order chi connectivity index (χ0) is 36.3. The van der Waals surface area contributed by atoms with Crippen molar-refractivity contribution in [1.82, 2.24) is 5.32 Å². The third kappa shape index (κ3) is 5.22. The van der Waals surface area contributed by atoms with Gasteiger partial charge in [0.15, 0.2) is 5.84 Å². The lowest BCUT2D eigenvalue weighted by Gasteiger charge is -2.26. The van der Waals surface area contributed by atoms with Crippen molar-refractivity contribution in [3.05, 3.63) is 205 Å². The number of amidine groups is 2. The first-order valence-corrected chi connectivity index (χ1v) is 18.7. The second-order valence-corrected chi connectivity index (χ2v) is 14.1. The van der Waals surface area contributed by atoms with Crippen LogP contribution < -0.4 is 5.32 Å². The van der Waals surface area contributed by atoms with Gasteiger partial charge in [-0.25, -0.2) is 9.98 Å². The van der Waals surface area contributed by atoms with Crippen LogP contribution in [0.4, 0.5) is 0 Å². The van der Waals surface area contributed by atoms with Gasteiger partial charge < -0.3 is 9.73 Å². The molecule has 0 radical (unpaired) electrons. The Labute approximate surface area is 317 Å². The Morgan fingerprint density at radius 1 is 0.418 bits per heavy atom. The Balaban J connectivity index is 1.12. The molecule has 0 aliphatic carbocycles. The Kier molecular flexibility index (Phi) is 7.20. The zero-order valence-electron chi connectivity index (χ0n) is 29.8. The quantitative estimate of drug-likeness (QED) is 0.181. The first-order chi connectivity index (χ1) is 27.3. The molecule has 258 valence electrons. The SMILES string of the molecule is c1ccc(C2=NC(c3cccc4oc5cc(-c6ccccc6)ccc5c34)=NC(c3ccccc3-c3cc4ccccc4c4c3ccc3ccccc34)N2)cc1. The van der Waals surface area contributed by atoms with Gasteiger partial charge >= 0.3 is 0 Å². The summed E-state index contributed by atoms with van der Waals surface area (Å²) in [6, 6.07) is 66.3. The predicted octanol–water partition coefficient (Wildman–Crippen LogP) is 12.9. The van der Waals surface area contributed by atoms with Gasteiger partial charge in [-0.15, -0.1) is 0 Å². The standard InChI is InChI=1S/C51H33N3O/c1-3-14-32(15-4-1)35-27-29-42-46(31-35)55-45-25-13-24-43(48(42)45)51-53-49(34-17-5-2-6-18-34)52-50(54-51)41-23-12-11-22-39(41)44-30-36-19-8-10-21-38(36)47-37-20-9-7-16-33(37)26-28-40(44)47/h1-31,50H,(H,52,53,54). The summed E-state index contributed by atoms with van der Waals surface area (Å²) < 4.78 is 6.53. The summed E-state index contributed by atoms with van der Waals surface area (Å²) in [6.45, 7) is 0. The molecule has 1 aliphatic rings. The molecule has 0 spiro atoms. The number of hydrogen-bond acceptors (Lipinski definition) is 4. The summed E-state index contributed by atoms with van der Waals surface area (Å²) >= 11 is 0. The van der Waals surface area contributed by atoms with Crippen LogP contribution >= 0.6 is 0 Å². The third-order valence-corrected chi connectivity index (χ3v) is 10.9. The molecule has 1 N–H and O–H groups in total. The number of fused-ring (bicyclic) bond motifs is 8. The van der Waals surface area contributed by atoms with Crippen molar-refractivity contribution in [3.8, 4) is 22.3 Å². The molecule has 1 atom stereocenters. The molecule has 0 saturated heterocycles. The van der Waals surface area contributed by atoms with Crippen molar-refractivity contribution in [1.29, 1.82) is 0 Å².